The van der Waals surface area contributed by atoms with Gasteiger partial charge in [0, 0.05) is 42.6 Å². The number of nitrogens with one attached hydrogen (secondary N) is 4. The average molecular weight is 530 g/mol. The third-order valence-electron chi connectivity index (χ3n) is 6.39. The second-order valence-corrected chi connectivity index (χ2v) is 9.11. The first-order valence-corrected chi connectivity index (χ1v) is 11.9. The fraction of sp³-hybridized carbons (Fsp3) is 0.115. The number of benzene rings is 2. The summed E-state index contributed by atoms with van der Waals surface area (Å²) in [6, 6.07) is 12.3. The van der Waals surface area contributed by atoms with Crippen molar-refractivity contribution in [2.24, 2.45) is 0 Å². The Labute approximate surface area is 219 Å². The van der Waals surface area contributed by atoms with Crippen LogP contribution < -0.4 is 16.0 Å². The minimum atomic E-state index is -1.22. The summed E-state index contributed by atoms with van der Waals surface area (Å²) in [4.78, 5) is 7.77. The van der Waals surface area contributed by atoms with Gasteiger partial charge in [0.25, 0.3) is 0 Å². The van der Waals surface area contributed by atoms with Crippen LogP contribution in [-0.2, 0) is 13.1 Å². The summed E-state index contributed by atoms with van der Waals surface area (Å²) < 4.78 is 27.2. The zero-order valence-electron chi connectivity index (χ0n) is 19.6. The van der Waals surface area contributed by atoms with E-state index in [1.807, 2.05) is 12.1 Å². The number of hydrogen-bond donors (Lipinski definition) is 4. The van der Waals surface area contributed by atoms with E-state index in [9.17, 15) is 14.0 Å². The lowest BCUT2D eigenvalue weighted by Crippen LogP contribution is -2.15. The molecule has 38 heavy (non-hydrogen) atoms. The highest BCUT2D eigenvalue weighted by atomic mass is 35.5. The third kappa shape index (κ3) is 4.26. The van der Waals surface area contributed by atoms with Gasteiger partial charge in [0.1, 0.15) is 11.8 Å². The van der Waals surface area contributed by atoms with Gasteiger partial charge < -0.3 is 16.0 Å². The summed E-state index contributed by atoms with van der Waals surface area (Å²) in [6.45, 7) is 1.51. The predicted molar refractivity (Wildman–Crippen MR) is 138 cm³/mol. The molecule has 12 heteroatoms. The van der Waals surface area contributed by atoms with Crippen LogP contribution in [-0.4, -0.2) is 25.4 Å². The number of nitrogens with zero attached hydrogens (tertiary/aromatic N) is 5. The van der Waals surface area contributed by atoms with E-state index in [0.717, 1.165) is 30.9 Å². The van der Waals surface area contributed by atoms with Gasteiger partial charge in [-0.25, -0.2) is 9.37 Å². The van der Waals surface area contributed by atoms with E-state index in [4.69, 9.17) is 11.6 Å². The fourth-order valence-corrected chi connectivity index (χ4v) is 4.92. The topological polar surface area (TPSA) is 127 Å². The lowest BCUT2D eigenvalue weighted by atomic mass is 9.95. The molecule has 0 unspecified atom stereocenters. The number of nitriles is 1. The Balaban J connectivity index is 1.46. The van der Waals surface area contributed by atoms with Crippen LogP contribution in [0.25, 0.3) is 10.9 Å². The molecule has 9 nitrogen and oxygen atoms in total. The zero-order chi connectivity index (χ0) is 26.2. The highest BCUT2D eigenvalue weighted by Gasteiger charge is 2.24. The summed E-state index contributed by atoms with van der Waals surface area (Å²) in [5.41, 5.74) is 5.85. The molecule has 4 N–H and O–H groups in total. The number of hydrogen-bond acceptors (Lipinski definition) is 8. The molecule has 3 aromatic heterocycles. The molecule has 0 radical (unpaired) electrons. The van der Waals surface area contributed by atoms with Gasteiger partial charge in [-0.1, -0.05) is 35.0 Å². The number of aromatic nitrogens is 5. The molecule has 0 bridgehead atoms. The molecule has 0 fully saturated rings. The van der Waals surface area contributed by atoms with Gasteiger partial charge in [-0.2, -0.15) is 9.65 Å². The second kappa shape index (κ2) is 9.66. The number of anilines is 3. The second-order valence-electron chi connectivity index (χ2n) is 8.70. The minimum Gasteiger partial charge on any atom is -0.373 e. The number of fused-ring (bicyclic) bond motifs is 2. The lowest BCUT2D eigenvalue weighted by molar-refractivity contribution is 0.480. The average Bonchev–Trinajstić information content (AvgIpc) is 3.62. The van der Waals surface area contributed by atoms with Crippen molar-refractivity contribution in [3.8, 4) is 6.07 Å². The Morgan fingerprint density at radius 2 is 1.97 bits per heavy atom. The molecule has 2 aromatic carbocycles. The van der Waals surface area contributed by atoms with Crippen molar-refractivity contribution < 1.29 is 8.78 Å². The van der Waals surface area contributed by atoms with E-state index < -0.39 is 11.8 Å². The van der Waals surface area contributed by atoms with E-state index in [0.29, 0.717) is 33.0 Å². The van der Waals surface area contributed by atoms with E-state index >= 15 is 0 Å². The zero-order valence-corrected chi connectivity index (χ0v) is 20.3. The van der Waals surface area contributed by atoms with Crippen LogP contribution >= 0.6 is 11.6 Å². The van der Waals surface area contributed by atoms with Gasteiger partial charge >= 0.3 is 0 Å². The predicted octanol–water partition coefficient (Wildman–Crippen LogP) is 5.10. The lowest BCUT2D eigenvalue weighted by Gasteiger charge is -2.22. The minimum absolute atomic E-state index is 0.162. The Bertz CT molecular complexity index is 1720. The van der Waals surface area contributed by atoms with Gasteiger partial charge in [0.15, 0.2) is 5.82 Å². The first-order chi connectivity index (χ1) is 18.5. The maximum absolute atomic E-state index is 13.8. The normalized spacial score (nSPS) is 13.2. The number of rotatable bonds is 6. The molecule has 1 aliphatic heterocycles. The monoisotopic (exact) mass is 529 g/mol. The van der Waals surface area contributed by atoms with Crippen molar-refractivity contribution in [1.29, 1.82) is 5.26 Å². The summed E-state index contributed by atoms with van der Waals surface area (Å²) in [5, 5.41) is 31.4. The molecular formula is C26H18ClF2N9. The number of pyridine rings is 2. The molecule has 4 heterocycles. The van der Waals surface area contributed by atoms with Crippen molar-refractivity contribution in [1.82, 2.24) is 30.7 Å². The highest BCUT2D eigenvalue weighted by Crippen LogP contribution is 2.37. The van der Waals surface area contributed by atoms with E-state index in [1.165, 1.54) is 17.3 Å². The van der Waals surface area contributed by atoms with E-state index in [1.54, 1.807) is 18.3 Å². The van der Waals surface area contributed by atoms with Crippen LogP contribution in [0.2, 0.25) is 5.02 Å². The Hall–Kier alpha value is -4.66. The number of halogens is 3. The first kappa shape index (κ1) is 23.7. The maximum Gasteiger partial charge on any atom is 0.249 e. The largest absolute Gasteiger partial charge is 0.373 e. The fourth-order valence-electron chi connectivity index (χ4n) is 4.65. The smallest absolute Gasteiger partial charge is 0.249 e. The van der Waals surface area contributed by atoms with Crippen LogP contribution in [0.3, 0.4) is 0 Å². The van der Waals surface area contributed by atoms with Crippen LogP contribution in [0.1, 0.15) is 34.0 Å². The van der Waals surface area contributed by atoms with Gasteiger partial charge in [0.2, 0.25) is 5.95 Å². The molecule has 0 aliphatic carbocycles. The molecule has 1 aliphatic rings. The van der Waals surface area contributed by atoms with Crippen LogP contribution in [0, 0.1) is 23.1 Å². The SMILES string of the molecule is N#Cc1cnc2c(Cl)cc(N[C@H](c3c[nH]nn3)c3cccc4c3CNC4)cc2c1Nc1cnc(F)c(F)c1. The summed E-state index contributed by atoms with van der Waals surface area (Å²) in [5.74, 6) is -2.33. The van der Waals surface area contributed by atoms with Crippen LogP contribution in [0.15, 0.2) is 55.0 Å². The molecule has 5 aromatic rings. The molecule has 6 rings (SSSR count). The van der Waals surface area contributed by atoms with E-state index in [-0.39, 0.29) is 17.3 Å². The van der Waals surface area contributed by atoms with Crippen molar-refractivity contribution in [2.75, 3.05) is 10.6 Å². The molecule has 1 atom stereocenters. The Kier molecular flexibility index (Phi) is 6.03. The van der Waals surface area contributed by atoms with Gasteiger partial charge in [-0.3, -0.25) is 10.1 Å². The van der Waals surface area contributed by atoms with Gasteiger partial charge in [0.05, 0.1) is 39.7 Å². The summed E-state index contributed by atoms with van der Waals surface area (Å²) in [6.07, 6.45) is 4.23. The van der Waals surface area contributed by atoms with Crippen LogP contribution in [0.4, 0.5) is 25.8 Å². The first-order valence-electron chi connectivity index (χ1n) is 11.6. The maximum atomic E-state index is 13.8. The molecule has 0 saturated carbocycles. The van der Waals surface area contributed by atoms with Crippen molar-refractivity contribution in [3.05, 3.63) is 99.7 Å². The van der Waals surface area contributed by atoms with E-state index in [2.05, 4.69) is 53.5 Å². The molecule has 188 valence electrons. The van der Waals surface area contributed by atoms with Crippen molar-refractivity contribution >= 4 is 39.6 Å². The van der Waals surface area contributed by atoms with Crippen molar-refractivity contribution in [3.63, 3.8) is 0 Å². The highest BCUT2D eigenvalue weighted by molar-refractivity contribution is 6.36. The molecule has 0 amide bonds. The standard InChI is InChI=1S/C26H18ClF2N9/c27-20-5-15(35-25(22-12-34-38-37-22)17-3-1-2-13-8-31-11-19(13)17)4-18-23(14(7-30)9-32-24(18)20)36-16-6-21(28)26(29)33-10-16/h1-6,9-10,12,25,31,35H,8,11H2,(H,32,36)(H,34,37,38)/t25-/m0/s1. The Morgan fingerprint density at radius 1 is 1.08 bits per heavy atom. The third-order valence-corrected chi connectivity index (χ3v) is 6.68. The Morgan fingerprint density at radius 3 is 2.76 bits per heavy atom. The number of H-pyrrole nitrogens is 1. The summed E-state index contributed by atoms with van der Waals surface area (Å²) >= 11 is 6.65. The molecule has 0 saturated heterocycles. The van der Waals surface area contributed by atoms with Crippen molar-refractivity contribution in [2.45, 2.75) is 19.1 Å². The summed E-state index contributed by atoms with van der Waals surface area (Å²) in [7, 11) is 0. The van der Waals surface area contributed by atoms with Gasteiger partial charge in [-0.05, 0) is 28.8 Å². The molecule has 0 spiro atoms. The van der Waals surface area contributed by atoms with Gasteiger partial charge in [-0.15, -0.1) is 5.10 Å². The number of aromatic amines is 1. The quantitative estimate of drug-likeness (QED) is 0.224. The van der Waals surface area contributed by atoms with Crippen LogP contribution in [0.5, 0.6) is 0 Å². The molecular weight excluding hydrogens is 512 g/mol.